The number of rotatable bonds is 7. The van der Waals surface area contributed by atoms with E-state index in [1.165, 1.54) is 6.07 Å². The molecule has 1 fully saturated rings. The highest BCUT2D eigenvalue weighted by atomic mass is 19.1. The number of anilines is 1. The van der Waals surface area contributed by atoms with Gasteiger partial charge in [-0.05, 0) is 61.8 Å². The molecule has 4 nitrogen and oxygen atoms in total. The van der Waals surface area contributed by atoms with Crippen molar-refractivity contribution in [3.63, 3.8) is 0 Å². The van der Waals surface area contributed by atoms with E-state index >= 15 is 0 Å². The number of aryl methyl sites for hydroxylation is 1. The summed E-state index contributed by atoms with van der Waals surface area (Å²) in [5, 5.41) is 5.98. The van der Waals surface area contributed by atoms with Crippen LogP contribution in [-0.4, -0.2) is 18.4 Å². The largest absolute Gasteiger partial charge is 0.356 e. The van der Waals surface area contributed by atoms with Gasteiger partial charge in [0, 0.05) is 24.1 Å². The van der Waals surface area contributed by atoms with Gasteiger partial charge in [-0.15, -0.1) is 0 Å². The number of para-hydroxylation sites is 1. The highest BCUT2D eigenvalue weighted by Gasteiger charge is 2.30. The summed E-state index contributed by atoms with van der Waals surface area (Å²) in [5.74, 6) is -0.302. The van der Waals surface area contributed by atoms with E-state index < -0.39 is 0 Å². The molecule has 2 aromatic carbocycles. The lowest BCUT2D eigenvalue weighted by molar-refractivity contribution is -0.128. The maximum absolute atomic E-state index is 13.6. The van der Waals surface area contributed by atoms with Crippen LogP contribution in [-0.2, 0) is 22.4 Å². The summed E-state index contributed by atoms with van der Waals surface area (Å²) in [6.45, 7) is 2.50. The monoisotopic (exact) mass is 396 g/mol. The molecule has 0 heterocycles. The Labute approximate surface area is 171 Å². The van der Waals surface area contributed by atoms with E-state index in [1.807, 2.05) is 24.3 Å². The standard InChI is InChI=1S/C24H29FN2O2/c1-2-17-7-4-6-10-22(17)27-24(29)20-13-11-19(12-14-20)23(28)26-16-15-18-8-3-5-9-21(18)25/h3-10,19-20H,2,11-16H2,1H3,(H,26,28)(H,27,29). The first-order valence-corrected chi connectivity index (χ1v) is 10.5. The van der Waals surface area contributed by atoms with Crippen molar-refractivity contribution in [3.05, 3.63) is 65.5 Å². The second kappa shape index (κ2) is 10.2. The van der Waals surface area contributed by atoms with Crippen LogP contribution in [0.15, 0.2) is 48.5 Å². The molecule has 1 aliphatic carbocycles. The van der Waals surface area contributed by atoms with Crippen LogP contribution in [0.25, 0.3) is 0 Å². The molecule has 2 N–H and O–H groups in total. The van der Waals surface area contributed by atoms with Crippen LogP contribution < -0.4 is 10.6 Å². The number of nitrogens with one attached hydrogen (secondary N) is 2. The molecule has 0 aromatic heterocycles. The minimum absolute atomic E-state index is 0.0107. The molecule has 5 heteroatoms. The number of benzene rings is 2. The van der Waals surface area contributed by atoms with E-state index in [1.54, 1.807) is 18.2 Å². The maximum atomic E-state index is 13.6. The Hall–Kier alpha value is -2.69. The fourth-order valence-corrected chi connectivity index (χ4v) is 3.97. The van der Waals surface area contributed by atoms with E-state index in [-0.39, 0.29) is 29.5 Å². The van der Waals surface area contributed by atoms with Crippen LogP contribution in [0.4, 0.5) is 10.1 Å². The molecule has 1 aliphatic rings. The third-order valence-electron chi connectivity index (χ3n) is 5.78. The van der Waals surface area contributed by atoms with Crippen molar-refractivity contribution >= 4 is 17.5 Å². The summed E-state index contributed by atoms with van der Waals surface area (Å²) in [6.07, 6.45) is 4.19. The van der Waals surface area contributed by atoms with Crippen LogP contribution in [0.1, 0.15) is 43.7 Å². The summed E-state index contributed by atoms with van der Waals surface area (Å²) in [7, 11) is 0. The normalized spacial score (nSPS) is 18.8. The van der Waals surface area contributed by atoms with Gasteiger partial charge < -0.3 is 10.6 Å². The summed E-state index contributed by atoms with van der Waals surface area (Å²) in [6, 6.07) is 14.5. The number of carbonyl (C=O) groups is 2. The second-order valence-electron chi connectivity index (χ2n) is 7.68. The summed E-state index contributed by atoms with van der Waals surface area (Å²) in [5.41, 5.74) is 2.62. The molecule has 0 saturated heterocycles. The summed E-state index contributed by atoms with van der Waals surface area (Å²) in [4.78, 5) is 25.0. The van der Waals surface area contributed by atoms with Gasteiger partial charge in [0.1, 0.15) is 5.82 Å². The third-order valence-corrected chi connectivity index (χ3v) is 5.78. The molecule has 2 amide bonds. The average Bonchev–Trinajstić information content (AvgIpc) is 2.75. The van der Waals surface area contributed by atoms with Gasteiger partial charge in [-0.2, -0.15) is 0 Å². The highest BCUT2D eigenvalue weighted by molar-refractivity contribution is 5.93. The molecule has 0 atom stereocenters. The zero-order valence-corrected chi connectivity index (χ0v) is 16.9. The van der Waals surface area contributed by atoms with Gasteiger partial charge in [0.25, 0.3) is 0 Å². The Balaban J connectivity index is 1.43. The van der Waals surface area contributed by atoms with Crippen LogP contribution in [0.5, 0.6) is 0 Å². The summed E-state index contributed by atoms with van der Waals surface area (Å²) >= 11 is 0. The quantitative estimate of drug-likeness (QED) is 0.724. The van der Waals surface area contributed by atoms with Crippen LogP contribution >= 0.6 is 0 Å². The van der Waals surface area contributed by atoms with Crippen molar-refractivity contribution in [2.24, 2.45) is 11.8 Å². The highest BCUT2D eigenvalue weighted by Crippen LogP contribution is 2.30. The van der Waals surface area contributed by atoms with Gasteiger partial charge in [-0.1, -0.05) is 43.3 Å². The lowest BCUT2D eigenvalue weighted by atomic mass is 9.81. The molecule has 3 rings (SSSR count). The first-order chi connectivity index (χ1) is 14.1. The first kappa shape index (κ1) is 21.0. The number of halogens is 1. The molecule has 29 heavy (non-hydrogen) atoms. The predicted octanol–water partition coefficient (Wildman–Crippen LogP) is 4.49. The van der Waals surface area contributed by atoms with Gasteiger partial charge in [-0.25, -0.2) is 4.39 Å². The Morgan fingerprint density at radius 1 is 0.897 bits per heavy atom. The Kier molecular flexibility index (Phi) is 7.39. The molecule has 0 spiro atoms. The van der Waals surface area contributed by atoms with Crippen molar-refractivity contribution in [1.29, 1.82) is 0 Å². The zero-order valence-electron chi connectivity index (χ0n) is 16.9. The first-order valence-electron chi connectivity index (χ1n) is 10.5. The smallest absolute Gasteiger partial charge is 0.227 e. The zero-order chi connectivity index (χ0) is 20.6. The topological polar surface area (TPSA) is 58.2 Å². The maximum Gasteiger partial charge on any atom is 0.227 e. The molecule has 0 bridgehead atoms. The third kappa shape index (κ3) is 5.66. The van der Waals surface area contributed by atoms with Crippen molar-refractivity contribution in [2.75, 3.05) is 11.9 Å². The lowest BCUT2D eigenvalue weighted by Crippen LogP contribution is -2.36. The molecule has 0 radical (unpaired) electrons. The fraction of sp³-hybridized carbons (Fsp3) is 0.417. The van der Waals surface area contributed by atoms with Crippen molar-refractivity contribution in [1.82, 2.24) is 5.32 Å². The van der Waals surface area contributed by atoms with E-state index in [4.69, 9.17) is 0 Å². The van der Waals surface area contributed by atoms with Crippen molar-refractivity contribution in [3.8, 4) is 0 Å². The van der Waals surface area contributed by atoms with E-state index in [2.05, 4.69) is 17.6 Å². The Bertz CT molecular complexity index is 844. The molecule has 2 aromatic rings. The van der Waals surface area contributed by atoms with E-state index in [0.717, 1.165) is 17.7 Å². The van der Waals surface area contributed by atoms with Crippen molar-refractivity contribution < 1.29 is 14.0 Å². The number of amides is 2. The van der Waals surface area contributed by atoms with E-state index in [0.29, 0.717) is 44.2 Å². The van der Waals surface area contributed by atoms with Gasteiger partial charge >= 0.3 is 0 Å². The van der Waals surface area contributed by atoms with Gasteiger partial charge in [0.05, 0.1) is 0 Å². The van der Waals surface area contributed by atoms with Gasteiger partial charge in [0.2, 0.25) is 11.8 Å². The minimum Gasteiger partial charge on any atom is -0.356 e. The van der Waals surface area contributed by atoms with Crippen LogP contribution in [0.2, 0.25) is 0 Å². The second-order valence-corrected chi connectivity index (χ2v) is 7.68. The van der Waals surface area contributed by atoms with Gasteiger partial charge in [0.15, 0.2) is 0 Å². The van der Waals surface area contributed by atoms with Crippen molar-refractivity contribution in [2.45, 2.75) is 45.4 Å². The number of hydrogen-bond acceptors (Lipinski definition) is 2. The molecule has 154 valence electrons. The Morgan fingerprint density at radius 3 is 2.14 bits per heavy atom. The molecular weight excluding hydrogens is 367 g/mol. The average molecular weight is 397 g/mol. The SMILES string of the molecule is CCc1ccccc1NC(=O)C1CCC(C(=O)NCCc2ccccc2F)CC1. The molecule has 0 aliphatic heterocycles. The minimum atomic E-state index is -0.238. The number of carbonyl (C=O) groups excluding carboxylic acids is 2. The van der Waals surface area contributed by atoms with Gasteiger partial charge in [-0.3, -0.25) is 9.59 Å². The van der Waals surface area contributed by atoms with Crippen LogP contribution in [0.3, 0.4) is 0 Å². The molecular formula is C24H29FN2O2. The van der Waals surface area contributed by atoms with E-state index in [9.17, 15) is 14.0 Å². The summed E-state index contributed by atoms with van der Waals surface area (Å²) < 4.78 is 13.6. The predicted molar refractivity (Wildman–Crippen MR) is 113 cm³/mol. The fourth-order valence-electron chi connectivity index (χ4n) is 3.97. The molecule has 1 saturated carbocycles. The number of hydrogen-bond donors (Lipinski definition) is 2. The van der Waals surface area contributed by atoms with Crippen LogP contribution in [0, 0.1) is 17.7 Å². The lowest BCUT2D eigenvalue weighted by Gasteiger charge is -2.27. The molecule has 0 unspecified atom stereocenters. The Morgan fingerprint density at radius 2 is 1.48 bits per heavy atom.